The van der Waals surface area contributed by atoms with Gasteiger partial charge < -0.3 is 5.11 Å². The molecule has 0 amide bonds. The predicted molar refractivity (Wildman–Crippen MR) is 100 cm³/mol. The van der Waals surface area contributed by atoms with E-state index in [-0.39, 0.29) is 12.0 Å². The molecule has 0 aromatic heterocycles. The van der Waals surface area contributed by atoms with E-state index in [1.54, 1.807) is 0 Å². The molecule has 0 radical (unpaired) electrons. The highest BCUT2D eigenvalue weighted by Crippen LogP contribution is 2.34. The van der Waals surface area contributed by atoms with Crippen LogP contribution < -0.4 is 0 Å². The van der Waals surface area contributed by atoms with Gasteiger partial charge in [0.2, 0.25) is 0 Å². The molecule has 2 aromatic carbocycles. The Kier molecular flexibility index (Phi) is 5.60. The molecule has 1 heterocycles. The average molecular weight is 344 g/mol. The number of hydrogen-bond donors (Lipinski definition) is 1. The maximum Gasteiger partial charge on any atom is 0.0502 e. The number of piperidine rings is 1. The summed E-state index contributed by atoms with van der Waals surface area (Å²) in [6, 6.07) is 16.6. The van der Waals surface area contributed by atoms with E-state index < -0.39 is 0 Å². The Hall–Kier alpha value is -1.35. The Bertz CT molecular complexity index is 687. The summed E-state index contributed by atoms with van der Waals surface area (Å²) in [5.41, 5.74) is 3.88. The van der Waals surface area contributed by atoms with Crippen molar-refractivity contribution in [1.29, 1.82) is 0 Å². The summed E-state index contributed by atoms with van der Waals surface area (Å²) < 4.78 is 0. The molecule has 2 nitrogen and oxygen atoms in total. The fourth-order valence-electron chi connectivity index (χ4n) is 3.88. The Labute approximate surface area is 150 Å². The van der Waals surface area contributed by atoms with E-state index >= 15 is 0 Å². The third-order valence-corrected chi connectivity index (χ3v) is 5.43. The summed E-state index contributed by atoms with van der Waals surface area (Å²) in [4.78, 5) is 2.49. The van der Waals surface area contributed by atoms with Gasteiger partial charge in [0.05, 0.1) is 6.61 Å². The summed E-state index contributed by atoms with van der Waals surface area (Å²) in [6.07, 6.45) is 3.08. The lowest BCUT2D eigenvalue weighted by Gasteiger charge is -2.42. The number of hydrogen-bond acceptors (Lipinski definition) is 2. The minimum absolute atomic E-state index is 0.0639. The van der Waals surface area contributed by atoms with Crippen molar-refractivity contribution in [3.05, 3.63) is 70.2 Å². The van der Waals surface area contributed by atoms with Crippen molar-refractivity contribution in [2.24, 2.45) is 5.41 Å². The number of likely N-dealkylation sites (tertiary alicyclic amines) is 1. The van der Waals surface area contributed by atoms with Crippen LogP contribution in [0, 0.1) is 12.3 Å². The van der Waals surface area contributed by atoms with Crippen LogP contribution in [0.1, 0.15) is 29.5 Å². The van der Waals surface area contributed by atoms with Crippen molar-refractivity contribution in [3.8, 4) is 0 Å². The predicted octanol–water partition coefficient (Wildman–Crippen LogP) is 4.47. The number of aliphatic hydroxyl groups excluding tert-OH is 1. The Morgan fingerprint density at radius 3 is 2.75 bits per heavy atom. The van der Waals surface area contributed by atoms with Crippen molar-refractivity contribution in [3.63, 3.8) is 0 Å². The second-order valence-electron chi connectivity index (χ2n) is 7.21. The Morgan fingerprint density at radius 2 is 2.00 bits per heavy atom. The van der Waals surface area contributed by atoms with Crippen LogP contribution >= 0.6 is 11.6 Å². The summed E-state index contributed by atoms with van der Waals surface area (Å²) in [5.74, 6) is 0. The second-order valence-corrected chi connectivity index (χ2v) is 7.64. The molecule has 24 heavy (non-hydrogen) atoms. The zero-order chi connectivity index (χ0) is 17.0. The molecule has 3 heteroatoms. The van der Waals surface area contributed by atoms with E-state index in [1.807, 2.05) is 18.2 Å². The van der Waals surface area contributed by atoms with Crippen LogP contribution in [-0.2, 0) is 13.0 Å². The molecule has 2 aromatic rings. The number of benzene rings is 2. The SMILES string of the molecule is Cc1ccccc1CN1CCC[C@@](CO)(Cc2cccc(Cl)c2)C1. The first-order valence-corrected chi connectivity index (χ1v) is 9.10. The van der Waals surface area contributed by atoms with Crippen LogP contribution in [0.25, 0.3) is 0 Å². The Balaban J connectivity index is 1.73. The first-order valence-electron chi connectivity index (χ1n) is 8.72. The molecule has 3 rings (SSSR count). The summed E-state index contributed by atoms with van der Waals surface area (Å²) in [5, 5.41) is 10.9. The lowest BCUT2D eigenvalue weighted by Crippen LogP contribution is -2.46. The van der Waals surface area contributed by atoms with Gasteiger partial charge in [0.25, 0.3) is 0 Å². The minimum atomic E-state index is -0.0639. The molecule has 1 aliphatic heterocycles. The quantitative estimate of drug-likeness (QED) is 0.866. The maximum absolute atomic E-state index is 10.2. The molecule has 0 spiro atoms. The summed E-state index contributed by atoms with van der Waals surface area (Å²) in [7, 11) is 0. The summed E-state index contributed by atoms with van der Waals surface area (Å²) >= 11 is 6.13. The van der Waals surface area contributed by atoms with Gasteiger partial charge in [-0.15, -0.1) is 0 Å². The van der Waals surface area contributed by atoms with Crippen LogP contribution in [0.15, 0.2) is 48.5 Å². The molecular weight excluding hydrogens is 318 g/mol. The normalized spacial score (nSPS) is 21.8. The van der Waals surface area contributed by atoms with E-state index in [0.29, 0.717) is 0 Å². The molecular formula is C21H26ClNO. The standard InChI is InChI=1S/C21H26ClNO/c1-17-6-2-3-8-19(17)14-23-11-5-10-21(15-23,16-24)13-18-7-4-9-20(22)12-18/h2-4,6-9,12,24H,5,10-11,13-16H2,1H3/t21-/m1/s1. The molecule has 128 valence electrons. The van der Waals surface area contributed by atoms with E-state index in [9.17, 15) is 5.11 Å². The number of aliphatic hydroxyl groups is 1. The minimum Gasteiger partial charge on any atom is -0.396 e. The van der Waals surface area contributed by atoms with Crippen molar-refractivity contribution in [2.75, 3.05) is 19.7 Å². The van der Waals surface area contributed by atoms with E-state index in [1.165, 1.54) is 16.7 Å². The van der Waals surface area contributed by atoms with Gasteiger partial charge in [0, 0.05) is 23.5 Å². The topological polar surface area (TPSA) is 23.5 Å². The highest BCUT2D eigenvalue weighted by atomic mass is 35.5. The third kappa shape index (κ3) is 4.18. The van der Waals surface area contributed by atoms with E-state index in [4.69, 9.17) is 11.6 Å². The average Bonchev–Trinajstić information content (AvgIpc) is 2.57. The zero-order valence-electron chi connectivity index (χ0n) is 14.3. The number of rotatable bonds is 5. The molecule has 0 aliphatic carbocycles. The highest BCUT2D eigenvalue weighted by Gasteiger charge is 2.35. The van der Waals surface area contributed by atoms with Crippen LogP contribution in [-0.4, -0.2) is 29.7 Å². The molecule has 1 N–H and O–H groups in total. The van der Waals surface area contributed by atoms with Gasteiger partial charge in [-0.2, -0.15) is 0 Å². The van der Waals surface area contributed by atoms with Gasteiger partial charge in [-0.3, -0.25) is 4.90 Å². The van der Waals surface area contributed by atoms with E-state index in [2.05, 4.69) is 42.2 Å². The molecule has 1 aliphatic rings. The molecule has 1 saturated heterocycles. The van der Waals surface area contributed by atoms with Gasteiger partial charge in [-0.1, -0.05) is 48.0 Å². The fourth-order valence-corrected chi connectivity index (χ4v) is 4.10. The van der Waals surface area contributed by atoms with Crippen LogP contribution in [0.3, 0.4) is 0 Å². The molecule has 0 bridgehead atoms. The monoisotopic (exact) mass is 343 g/mol. The van der Waals surface area contributed by atoms with Crippen LogP contribution in [0.4, 0.5) is 0 Å². The van der Waals surface area contributed by atoms with Crippen LogP contribution in [0.5, 0.6) is 0 Å². The number of nitrogens with zero attached hydrogens (tertiary/aromatic N) is 1. The molecule has 0 unspecified atom stereocenters. The third-order valence-electron chi connectivity index (χ3n) is 5.20. The fraction of sp³-hybridized carbons (Fsp3) is 0.429. The largest absolute Gasteiger partial charge is 0.396 e. The highest BCUT2D eigenvalue weighted by molar-refractivity contribution is 6.30. The van der Waals surface area contributed by atoms with E-state index in [0.717, 1.165) is 43.9 Å². The second kappa shape index (κ2) is 7.69. The maximum atomic E-state index is 10.2. The van der Waals surface area contributed by atoms with Crippen LogP contribution in [0.2, 0.25) is 5.02 Å². The zero-order valence-corrected chi connectivity index (χ0v) is 15.1. The van der Waals surface area contributed by atoms with Gasteiger partial charge >= 0.3 is 0 Å². The van der Waals surface area contributed by atoms with Gasteiger partial charge in [-0.25, -0.2) is 0 Å². The first-order chi connectivity index (χ1) is 11.6. The molecule has 1 atom stereocenters. The van der Waals surface area contributed by atoms with Gasteiger partial charge in [0.15, 0.2) is 0 Å². The van der Waals surface area contributed by atoms with Crippen molar-refractivity contribution >= 4 is 11.6 Å². The van der Waals surface area contributed by atoms with Gasteiger partial charge in [0.1, 0.15) is 0 Å². The van der Waals surface area contributed by atoms with Gasteiger partial charge in [-0.05, 0) is 61.6 Å². The smallest absolute Gasteiger partial charge is 0.0502 e. The number of aryl methyl sites for hydroxylation is 1. The number of halogens is 1. The molecule has 0 saturated carbocycles. The van der Waals surface area contributed by atoms with Crippen molar-refractivity contribution in [1.82, 2.24) is 4.90 Å². The first kappa shape index (κ1) is 17.5. The lowest BCUT2D eigenvalue weighted by molar-refractivity contribution is 0.0288. The Morgan fingerprint density at radius 1 is 1.17 bits per heavy atom. The summed E-state index contributed by atoms with van der Waals surface area (Å²) in [6.45, 7) is 5.40. The lowest BCUT2D eigenvalue weighted by atomic mass is 9.75. The molecule has 1 fully saturated rings. The van der Waals surface area contributed by atoms with Crippen molar-refractivity contribution in [2.45, 2.75) is 32.7 Å². The van der Waals surface area contributed by atoms with Crippen molar-refractivity contribution < 1.29 is 5.11 Å².